The fourth-order valence-corrected chi connectivity index (χ4v) is 8.92. The minimum atomic E-state index is -0.471. The molecule has 0 amide bonds. The number of carbonyl (C=O) groups excluding carboxylic acids is 1. The molecule has 1 aromatic rings. The molecule has 5 nitrogen and oxygen atoms in total. The maximum absolute atomic E-state index is 12.6. The molecule has 4 fully saturated rings. The van der Waals surface area contributed by atoms with Crippen LogP contribution in [0.1, 0.15) is 85.0 Å². The van der Waals surface area contributed by atoms with Crippen molar-refractivity contribution >= 4 is 6.29 Å². The number of nitrogens with zero attached hydrogens (tertiary/aromatic N) is 3. The SMILES string of the molecule is C[C@@]1(O)CC[C@@]2(C)[C@H](CC[C@@H]3[C@@H]2CC[C@@]2(C)[C@H]3CC[C@@]2(C=O)CCn2nccn2)C1. The molecule has 1 heterocycles. The summed E-state index contributed by atoms with van der Waals surface area (Å²) < 4.78 is 0. The number of carbonyl (C=O) groups is 1. The molecule has 0 unspecified atom stereocenters. The molecule has 0 aliphatic heterocycles. The van der Waals surface area contributed by atoms with Crippen LogP contribution in [-0.4, -0.2) is 32.0 Å². The van der Waals surface area contributed by atoms with Crippen molar-refractivity contribution in [2.45, 2.75) is 97.1 Å². The van der Waals surface area contributed by atoms with E-state index in [1.807, 2.05) is 6.92 Å². The number of aliphatic hydroxyl groups is 1. The number of aryl methyl sites for hydroxylation is 1. The van der Waals surface area contributed by atoms with E-state index < -0.39 is 5.60 Å². The first-order valence-corrected chi connectivity index (χ1v) is 12.3. The van der Waals surface area contributed by atoms with Crippen LogP contribution in [0.5, 0.6) is 0 Å². The van der Waals surface area contributed by atoms with Gasteiger partial charge in [-0.2, -0.15) is 15.0 Å². The van der Waals surface area contributed by atoms with E-state index in [1.165, 1.54) is 44.8 Å². The third kappa shape index (κ3) is 2.87. The Balaban J connectivity index is 1.39. The highest BCUT2D eigenvalue weighted by molar-refractivity contribution is 5.62. The monoisotopic (exact) mass is 413 g/mol. The lowest BCUT2D eigenvalue weighted by Gasteiger charge is -2.62. The standard InChI is InChI=1S/C25H39N3O2/c1-22(30)10-11-23(2)18(16-22)4-5-19-20(23)6-8-24(3)21(19)7-9-25(24,17-29)12-15-28-26-13-14-27-28/h13-14,17-21,30H,4-12,15-16H2,1-3H3/t18-,19-,20+,21+,22-,23+,24+,25+/m1/s1. The highest BCUT2D eigenvalue weighted by atomic mass is 16.3. The molecule has 166 valence electrons. The zero-order valence-corrected chi connectivity index (χ0v) is 19.0. The van der Waals surface area contributed by atoms with Gasteiger partial charge in [0, 0.05) is 5.41 Å². The lowest BCUT2D eigenvalue weighted by atomic mass is 9.43. The number of hydrogen-bond donors (Lipinski definition) is 1. The molecule has 5 heteroatoms. The van der Waals surface area contributed by atoms with Crippen LogP contribution >= 0.6 is 0 Å². The predicted octanol–water partition coefficient (Wildman–Crippen LogP) is 4.65. The van der Waals surface area contributed by atoms with E-state index >= 15 is 0 Å². The minimum absolute atomic E-state index is 0.104. The van der Waals surface area contributed by atoms with E-state index in [9.17, 15) is 9.90 Å². The summed E-state index contributed by atoms with van der Waals surface area (Å²) in [4.78, 5) is 14.3. The second-order valence-corrected chi connectivity index (χ2v) is 12.0. The Labute approximate surface area is 181 Å². The van der Waals surface area contributed by atoms with Gasteiger partial charge in [-0.25, -0.2) is 0 Å². The molecule has 5 rings (SSSR count). The molecular formula is C25H39N3O2. The number of aromatic nitrogens is 3. The van der Waals surface area contributed by atoms with Crippen LogP contribution in [0.2, 0.25) is 0 Å². The smallest absolute Gasteiger partial charge is 0.126 e. The van der Waals surface area contributed by atoms with E-state index in [4.69, 9.17) is 0 Å². The highest BCUT2D eigenvalue weighted by Gasteiger charge is 2.65. The zero-order valence-electron chi connectivity index (χ0n) is 19.0. The Kier molecular flexibility index (Phi) is 4.74. The third-order valence-corrected chi connectivity index (χ3v) is 10.8. The van der Waals surface area contributed by atoms with Crippen molar-refractivity contribution in [3.8, 4) is 0 Å². The van der Waals surface area contributed by atoms with Crippen molar-refractivity contribution in [2.24, 2.45) is 39.9 Å². The Morgan fingerprint density at radius 1 is 1.00 bits per heavy atom. The lowest BCUT2D eigenvalue weighted by molar-refractivity contribution is -0.158. The lowest BCUT2D eigenvalue weighted by Crippen LogP contribution is -2.56. The van der Waals surface area contributed by atoms with Gasteiger partial charge in [0.2, 0.25) is 0 Å². The van der Waals surface area contributed by atoms with Crippen molar-refractivity contribution in [1.82, 2.24) is 15.0 Å². The number of hydrogen-bond acceptors (Lipinski definition) is 4. The van der Waals surface area contributed by atoms with Gasteiger partial charge in [0.05, 0.1) is 24.5 Å². The van der Waals surface area contributed by atoms with Gasteiger partial charge >= 0.3 is 0 Å². The second kappa shape index (κ2) is 6.88. The summed E-state index contributed by atoms with van der Waals surface area (Å²) in [5.41, 5.74) is -0.227. The molecule has 0 bridgehead atoms. The molecule has 4 aliphatic carbocycles. The summed E-state index contributed by atoms with van der Waals surface area (Å²) >= 11 is 0. The molecule has 0 spiro atoms. The Morgan fingerprint density at radius 3 is 2.47 bits per heavy atom. The Bertz CT molecular complexity index is 792. The molecule has 8 atom stereocenters. The maximum Gasteiger partial charge on any atom is 0.126 e. The summed E-state index contributed by atoms with van der Waals surface area (Å²) in [6.45, 7) is 7.75. The van der Waals surface area contributed by atoms with Gasteiger partial charge in [-0.05, 0) is 106 Å². The van der Waals surface area contributed by atoms with Gasteiger partial charge in [-0.1, -0.05) is 13.8 Å². The fourth-order valence-electron chi connectivity index (χ4n) is 8.92. The molecule has 30 heavy (non-hydrogen) atoms. The molecule has 4 aliphatic rings. The second-order valence-electron chi connectivity index (χ2n) is 12.0. The summed E-state index contributed by atoms with van der Waals surface area (Å²) in [6.07, 6.45) is 15.9. The Hall–Kier alpha value is -1.23. The van der Waals surface area contributed by atoms with Gasteiger partial charge in [0.15, 0.2) is 0 Å². The van der Waals surface area contributed by atoms with Crippen LogP contribution in [-0.2, 0) is 11.3 Å². The third-order valence-electron chi connectivity index (χ3n) is 10.8. The molecule has 0 radical (unpaired) electrons. The zero-order chi connectivity index (χ0) is 21.2. The number of aldehydes is 1. The van der Waals surface area contributed by atoms with Crippen LogP contribution in [0.4, 0.5) is 0 Å². The predicted molar refractivity (Wildman–Crippen MR) is 115 cm³/mol. The fraction of sp³-hybridized carbons (Fsp3) is 0.880. The van der Waals surface area contributed by atoms with Gasteiger partial charge in [-0.3, -0.25) is 0 Å². The van der Waals surface area contributed by atoms with E-state index in [0.29, 0.717) is 17.3 Å². The quantitative estimate of drug-likeness (QED) is 0.730. The van der Waals surface area contributed by atoms with Crippen LogP contribution < -0.4 is 0 Å². The first kappa shape index (κ1) is 20.7. The largest absolute Gasteiger partial charge is 0.390 e. The molecule has 4 saturated carbocycles. The van der Waals surface area contributed by atoms with Gasteiger partial charge in [-0.15, -0.1) is 0 Å². The Morgan fingerprint density at radius 2 is 1.73 bits per heavy atom. The first-order valence-electron chi connectivity index (χ1n) is 12.3. The average molecular weight is 414 g/mol. The van der Waals surface area contributed by atoms with Crippen molar-refractivity contribution in [3.05, 3.63) is 12.4 Å². The molecule has 1 N–H and O–H groups in total. The average Bonchev–Trinajstić information content (AvgIpc) is 3.33. The summed E-state index contributed by atoms with van der Waals surface area (Å²) in [6, 6.07) is 0. The van der Waals surface area contributed by atoms with Crippen molar-refractivity contribution in [1.29, 1.82) is 0 Å². The van der Waals surface area contributed by atoms with Crippen LogP contribution in [0, 0.1) is 39.9 Å². The number of fused-ring (bicyclic) bond motifs is 5. The van der Waals surface area contributed by atoms with Crippen molar-refractivity contribution < 1.29 is 9.90 Å². The van der Waals surface area contributed by atoms with Gasteiger partial charge < -0.3 is 9.90 Å². The normalized spacial score (nSPS) is 50.4. The first-order chi connectivity index (χ1) is 14.2. The van der Waals surface area contributed by atoms with E-state index in [2.05, 4.69) is 24.0 Å². The van der Waals surface area contributed by atoms with E-state index in [0.717, 1.165) is 44.1 Å². The molecule has 0 saturated heterocycles. The van der Waals surface area contributed by atoms with Crippen LogP contribution in [0.25, 0.3) is 0 Å². The van der Waals surface area contributed by atoms with Crippen LogP contribution in [0.3, 0.4) is 0 Å². The minimum Gasteiger partial charge on any atom is -0.390 e. The van der Waals surface area contributed by atoms with E-state index in [1.54, 1.807) is 17.2 Å². The van der Waals surface area contributed by atoms with Crippen molar-refractivity contribution in [2.75, 3.05) is 0 Å². The maximum atomic E-state index is 12.6. The number of rotatable bonds is 4. The molecular weight excluding hydrogens is 374 g/mol. The van der Waals surface area contributed by atoms with Crippen LogP contribution in [0.15, 0.2) is 12.4 Å². The summed E-state index contributed by atoms with van der Waals surface area (Å²) in [7, 11) is 0. The molecule has 0 aromatic carbocycles. The highest BCUT2D eigenvalue weighted by Crippen LogP contribution is 2.71. The summed E-state index contributed by atoms with van der Waals surface area (Å²) in [5, 5.41) is 19.2. The summed E-state index contributed by atoms with van der Waals surface area (Å²) in [5.74, 6) is 2.83. The van der Waals surface area contributed by atoms with Gasteiger partial charge in [0.1, 0.15) is 6.29 Å². The molecule has 1 aromatic heterocycles. The topological polar surface area (TPSA) is 68.0 Å². The van der Waals surface area contributed by atoms with Gasteiger partial charge in [0.25, 0.3) is 0 Å². The van der Waals surface area contributed by atoms with Crippen molar-refractivity contribution in [3.63, 3.8) is 0 Å². The van der Waals surface area contributed by atoms with E-state index in [-0.39, 0.29) is 10.8 Å².